The van der Waals surface area contributed by atoms with Crippen LogP contribution in [0.1, 0.15) is 27.7 Å². The van der Waals surface area contributed by atoms with Crippen molar-refractivity contribution in [2.45, 2.75) is 64.3 Å². The number of hydrogen-bond donors (Lipinski definition) is 3. The molecule has 12 nitrogen and oxygen atoms in total. The van der Waals surface area contributed by atoms with E-state index in [0.717, 1.165) is 17.8 Å². The smallest absolute Gasteiger partial charge is 0.483 e. The molecule has 0 radical (unpaired) electrons. The van der Waals surface area contributed by atoms with Crippen LogP contribution in [0.25, 0.3) is 0 Å². The van der Waals surface area contributed by atoms with Crippen molar-refractivity contribution in [2.75, 3.05) is 5.73 Å². The topological polar surface area (TPSA) is 164 Å². The Morgan fingerprint density at radius 2 is 2.03 bits per heavy atom. The number of halogens is 1. The zero-order chi connectivity index (χ0) is 27.4. The van der Waals surface area contributed by atoms with Crippen molar-refractivity contribution in [3.8, 4) is 5.75 Å². The molecular weight excluding hydrogens is 510 g/mol. The number of nitrogens with zero attached hydrogens (tertiary/aromatic N) is 2. The van der Waals surface area contributed by atoms with Gasteiger partial charge in [-0.2, -0.15) is 10.1 Å². The van der Waals surface area contributed by atoms with Gasteiger partial charge in [0.25, 0.3) is 0 Å². The summed E-state index contributed by atoms with van der Waals surface area (Å²) in [5, 5.41) is 13.0. The van der Waals surface area contributed by atoms with Crippen LogP contribution < -0.4 is 21.0 Å². The Bertz CT molecular complexity index is 1240. The third-order valence-electron chi connectivity index (χ3n) is 5.30. The Balaban J connectivity index is 1.82. The first-order chi connectivity index (χ1) is 17.3. The molecule has 1 aromatic heterocycles. The number of nitrogens with one attached hydrogen (secondary N) is 1. The Hall–Kier alpha value is -3.41. The molecule has 1 unspecified atom stereocenters. The summed E-state index contributed by atoms with van der Waals surface area (Å²) in [6.07, 6.45) is -1.51. The molecule has 3 rings (SSSR count). The average Bonchev–Trinajstić information content (AvgIpc) is 3.02. The molecular formula is C23H30FN4O8P. The van der Waals surface area contributed by atoms with Crippen LogP contribution in [-0.2, 0) is 29.9 Å². The molecule has 202 valence electrons. The minimum absolute atomic E-state index is 0.00112. The van der Waals surface area contributed by atoms with Gasteiger partial charge in [-0.3, -0.25) is 9.36 Å². The molecule has 1 aliphatic heterocycles. The predicted molar refractivity (Wildman–Crippen MR) is 131 cm³/mol. The molecule has 5 atom stereocenters. The van der Waals surface area contributed by atoms with Crippen molar-refractivity contribution in [1.29, 1.82) is 0 Å². The number of esters is 1. The van der Waals surface area contributed by atoms with Crippen molar-refractivity contribution in [2.24, 2.45) is 0 Å². The maximum Gasteiger partial charge on any atom is 0.513 e. The van der Waals surface area contributed by atoms with Crippen LogP contribution in [0.3, 0.4) is 0 Å². The van der Waals surface area contributed by atoms with E-state index in [9.17, 15) is 19.3 Å². The number of anilines is 1. The number of nitrogen functional groups attached to an aromatic ring is 1. The third-order valence-corrected chi connectivity index (χ3v) is 6.84. The van der Waals surface area contributed by atoms with Gasteiger partial charge < -0.3 is 29.4 Å². The van der Waals surface area contributed by atoms with Crippen molar-refractivity contribution >= 4 is 19.5 Å². The summed E-state index contributed by atoms with van der Waals surface area (Å²) in [5.74, 6) is -0.960. The molecule has 37 heavy (non-hydrogen) atoms. The number of carbonyl (C=O) groups is 1. The second-order valence-electron chi connectivity index (χ2n) is 8.81. The van der Waals surface area contributed by atoms with E-state index in [1.165, 1.54) is 31.3 Å². The zero-order valence-electron chi connectivity index (χ0n) is 20.7. The van der Waals surface area contributed by atoms with E-state index in [2.05, 4.69) is 10.1 Å². The van der Waals surface area contributed by atoms with Crippen LogP contribution in [0.4, 0.5) is 10.2 Å². The van der Waals surface area contributed by atoms with Crippen LogP contribution in [-0.4, -0.2) is 50.6 Å². The normalized spacial score (nSPS) is 24.8. The molecule has 0 amide bonds. The highest BCUT2D eigenvalue weighted by Crippen LogP contribution is 2.47. The number of hydrogen-bond acceptors (Lipinski definition) is 10. The van der Waals surface area contributed by atoms with E-state index in [-0.39, 0.29) is 18.1 Å². The number of ether oxygens (including phenoxy) is 2. The van der Waals surface area contributed by atoms with E-state index in [1.54, 1.807) is 32.0 Å². The molecule has 0 saturated carbocycles. The molecule has 1 saturated heterocycles. The SMILES string of the molecule is CC(C)OC(=O)[C@H](C)NP(=O)(O/C=C1/O[C@@H](Cn2ccc(N)nc2=O)[C@](C)(F)[C@@H]1O)Oc1ccccc1. The fraction of sp³-hybridized carbons (Fsp3) is 0.435. The van der Waals surface area contributed by atoms with Gasteiger partial charge >= 0.3 is 19.4 Å². The second-order valence-corrected chi connectivity index (χ2v) is 10.5. The van der Waals surface area contributed by atoms with Gasteiger partial charge in [0.2, 0.25) is 0 Å². The van der Waals surface area contributed by atoms with Gasteiger partial charge in [-0.05, 0) is 45.9 Å². The van der Waals surface area contributed by atoms with Crippen LogP contribution in [0, 0.1) is 0 Å². The maximum absolute atomic E-state index is 15.4. The van der Waals surface area contributed by atoms with Crippen molar-refractivity contribution < 1.29 is 37.4 Å². The monoisotopic (exact) mass is 540 g/mol. The zero-order valence-corrected chi connectivity index (χ0v) is 21.6. The molecule has 1 aromatic carbocycles. The first-order valence-corrected chi connectivity index (χ1v) is 12.9. The fourth-order valence-corrected chi connectivity index (χ4v) is 4.69. The lowest BCUT2D eigenvalue weighted by molar-refractivity contribution is -0.149. The van der Waals surface area contributed by atoms with E-state index in [4.69, 9.17) is 24.3 Å². The Morgan fingerprint density at radius 1 is 1.35 bits per heavy atom. The number of benzene rings is 1. The first kappa shape index (κ1) is 28.2. The van der Waals surface area contributed by atoms with Gasteiger partial charge in [0.1, 0.15) is 23.9 Å². The fourth-order valence-electron chi connectivity index (χ4n) is 3.31. The number of rotatable bonds is 10. The summed E-state index contributed by atoms with van der Waals surface area (Å²) in [5.41, 5.74) is 2.39. The summed E-state index contributed by atoms with van der Waals surface area (Å²) in [6.45, 7) is 5.49. The highest BCUT2D eigenvalue weighted by Gasteiger charge is 2.53. The summed E-state index contributed by atoms with van der Waals surface area (Å²) in [7, 11) is -4.33. The predicted octanol–water partition coefficient (Wildman–Crippen LogP) is 2.29. The lowest BCUT2D eigenvalue weighted by atomic mass is 9.96. The quantitative estimate of drug-likeness (QED) is 0.230. The molecule has 0 aliphatic carbocycles. The van der Waals surface area contributed by atoms with E-state index in [0.29, 0.717) is 0 Å². The van der Waals surface area contributed by atoms with Gasteiger partial charge in [-0.15, -0.1) is 0 Å². The van der Waals surface area contributed by atoms with Crippen LogP contribution in [0.15, 0.2) is 59.4 Å². The van der Waals surface area contributed by atoms with E-state index < -0.39 is 55.2 Å². The highest BCUT2D eigenvalue weighted by molar-refractivity contribution is 7.52. The lowest BCUT2D eigenvalue weighted by Gasteiger charge is -2.22. The van der Waals surface area contributed by atoms with Crippen LogP contribution in [0.2, 0.25) is 0 Å². The summed E-state index contributed by atoms with van der Waals surface area (Å²) < 4.78 is 51.5. The number of para-hydroxylation sites is 1. The van der Waals surface area contributed by atoms with Crippen molar-refractivity contribution in [3.63, 3.8) is 0 Å². The number of aliphatic hydroxyl groups is 1. The summed E-state index contributed by atoms with van der Waals surface area (Å²) in [6, 6.07) is 8.23. The minimum atomic E-state index is -4.33. The average molecular weight is 540 g/mol. The van der Waals surface area contributed by atoms with Gasteiger partial charge in [-0.25, -0.2) is 13.8 Å². The molecule has 14 heteroatoms. The Labute approximate surface area is 212 Å². The second kappa shape index (κ2) is 11.3. The van der Waals surface area contributed by atoms with Gasteiger partial charge in [-0.1, -0.05) is 18.2 Å². The van der Waals surface area contributed by atoms with Crippen LogP contribution in [0.5, 0.6) is 5.75 Å². The van der Waals surface area contributed by atoms with Gasteiger partial charge in [0.05, 0.1) is 12.6 Å². The Morgan fingerprint density at radius 3 is 2.65 bits per heavy atom. The number of aliphatic hydroxyl groups excluding tert-OH is 1. The van der Waals surface area contributed by atoms with E-state index in [1.807, 2.05) is 0 Å². The Kier molecular flexibility index (Phi) is 8.62. The number of carbonyl (C=O) groups excluding carboxylic acids is 1. The molecule has 1 aliphatic rings. The largest absolute Gasteiger partial charge is 0.513 e. The lowest BCUT2D eigenvalue weighted by Crippen LogP contribution is -2.43. The number of nitrogens with two attached hydrogens (primary N) is 1. The number of aromatic nitrogens is 2. The maximum atomic E-state index is 15.4. The molecule has 2 aromatic rings. The number of alkyl halides is 1. The van der Waals surface area contributed by atoms with Gasteiger partial charge in [0.15, 0.2) is 23.6 Å². The van der Waals surface area contributed by atoms with Crippen molar-refractivity contribution in [1.82, 2.24) is 14.6 Å². The van der Waals surface area contributed by atoms with E-state index >= 15 is 4.39 Å². The van der Waals surface area contributed by atoms with Crippen LogP contribution >= 0.6 is 7.75 Å². The molecule has 4 N–H and O–H groups in total. The molecule has 0 bridgehead atoms. The molecule has 2 heterocycles. The van der Waals surface area contributed by atoms with Gasteiger partial charge in [0, 0.05) is 6.20 Å². The first-order valence-electron chi connectivity index (χ1n) is 11.4. The summed E-state index contributed by atoms with van der Waals surface area (Å²) in [4.78, 5) is 27.9. The summed E-state index contributed by atoms with van der Waals surface area (Å²) >= 11 is 0. The molecule has 1 fully saturated rings. The third kappa shape index (κ3) is 7.09. The minimum Gasteiger partial charge on any atom is -0.483 e. The highest BCUT2D eigenvalue weighted by atomic mass is 31.2. The van der Waals surface area contributed by atoms with Crippen molar-refractivity contribution in [3.05, 3.63) is 65.1 Å². The standard InChI is InChI=1S/C23H30FN4O8P/c1-14(2)34-21(30)15(3)27-37(32,36-16-8-6-5-7-9-16)33-13-17-20(29)23(4,24)18(35-17)12-28-11-10-19(25)26-22(28)31/h5-11,13-15,18,20,29H,12H2,1-4H3,(H,27,32)(H2,25,26,31)/b17-13+/t15-,18-,20+,23-,37?/m0/s1. The molecule has 0 spiro atoms.